The Hall–Kier alpha value is -3.20. The number of rotatable bonds is 6. The Morgan fingerprint density at radius 2 is 1.89 bits per heavy atom. The standard InChI is InChI=1S/C19H18FN5O2S/c1-2-12-7-9-13(10-8-12)17-23-19(25-24-17)28-11-16(26)22-18(27)21-15-6-4-3-5-14(15)20/h3-10H,2,11H2,1H3,(H,23,24,25)(H2,21,22,26,27). The van der Waals surface area contributed by atoms with E-state index >= 15 is 0 Å². The Morgan fingerprint density at radius 1 is 1.14 bits per heavy atom. The van der Waals surface area contributed by atoms with E-state index in [1.165, 1.54) is 23.8 Å². The van der Waals surface area contributed by atoms with E-state index in [2.05, 4.69) is 32.7 Å². The summed E-state index contributed by atoms with van der Waals surface area (Å²) < 4.78 is 13.5. The molecule has 0 aliphatic heterocycles. The van der Waals surface area contributed by atoms with Gasteiger partial charge in [0.05, 0.1) is 11.4 Å². The number of aromatic amines is 1. The summed E-state index contributed by atoms with van der Waals surface area (Å²) in [6.45, 7) is 2.08. The number of nitrogens with zero attached hydrogens (tertiary/aromatic N) is 2. The van der Waals surface area contributed by atoms with Crippen LogP contribution in [0.25, 0.3) is 11.4 Å². The van der Waals surface area contributed by atoms with Gasteiger partial charge in [0, 0.05) is 5.56 Å². The van der Waals surface area contributed by atoms with E-state index < -0.39 is 17.8 Å². The zero-order valence-electron chi connectivity index (χ0n) is 15.0. The molecule has 9 heteroatoms. The molecule has 0 unspecified atom stereocenters. The Bertz CT molecular complexity index is 974. The van der Waals surface area contributed by atoms with E-state index in [0.29, 0.717) is 11.0 Å². The lowest BCUT2D eigenvalue weighted by molar-refractivity contribution is -0.117. The van der Waals surface area contributed by atoms with Gasteiger partial charge < -0.3 is 5.32 Å². The van der Waals surface area contributed by atoms with Gasteiger partial charge in [-0.1, -0.05) is 55.1 Å². The zero-order valence-corrected chi connectivity index (χ0v) is 15.8. The minimum atomic E-state index is -0.803. The Morgan fingerprint density at radius 3 is 2.61 bits per heavy atom. The number of hydrogen-bond acceptors (Lipinski definition) is 5. The fourth-order valence-electron chi connectivity index (χ4n) is 2.35. The molecule has 7 nitrogen and oxygen atoms in total. The predicted octanol–water partition coefficient (Wildman–Crippen LogP) is 3.61. The summed E-state index contributed by atoms with van der Waals surface area (Å²) in [5, 5.41) is 11.7. The Kier molecular flexibility index (Phi) is 6.38. The number of urea groups is 1. The van der Waals surface area contributed by atoms with Crippen molar-refractivity contribution >= 4 is 29.4 Å². The molecule has 1 heterocycles. The number of carbonyl (C=O) groups excluding carboxylic acids is 2. The van der Waals surface area contributed by atoms with Crippen LogP contribution in [-0.4, -0.2) is 32.9 Å². The highest BCUT2D eigenvalue weighted by Crippen LogP contribution is 2.19. The number of para-hydroxylation sites is 1. The van der Waals surface area contributed by atoms with Gasteiger partial charge in [0.25, 0.3) is 0 Å². The van der Waals surface area contributed by atoms with E-state index in [9.17, 15) is 14.0 Å². The number of aromatic nitrogens is 3. The van der Waals surface area contributed by atoms with Gasteiger partial charge in [-0.2, -0.15) is 0 Å². The van der Waals surface area contributed by atoms with Crippen LogP contribution in [0, 0.1) is 5.82 Å². The number of halogens is 1. The molecule has 1 aromatic heterocycles. The summed E-state index contributed by atoms with van der Waals surface area (Å²) in [6, 6.07) is 12.8. The smallest absolute Gasteiger partial charge is 0.305 e. The van der Waals surface area contributed by atoms with Crippen molar-refractivity contribution in [2.24, 2.45) is 0 Å². The van der Waals surface area contributed by atoms with E-state index in [4.69, 9.17) is 0 Å². The fourth-order valence-corrected chi connectivity index (χ4v) is 2.95. The van der Waals surface area contributed by atoms with Crippen LogP contribution >= 0.6 is 11.8 Å². The number of thioether (sulfide) groups is 1. The van der Waals surface area contributed by atoms with Crippen LogP contribution in [0.3, 0.4) is 0 Å². The first-order valence-corrected chi connectivity index (χ1v) is 9.53. The van der Waals surface area contributed by atoms with E-state index in [1.807, 2.05) is 24.3 Å². The van der Waals surface area contributed by atoms with Gasteiger partial charge in [-0.15, -0.1) is 5.10 Å². The van der Waals surface area contributed by atoms with Crippen LogP contribution in [0.15, 0.2) is 53.7 Å². The number of benzene rings is 2. The molecule has 3 rings (SSSR count). The highest BCUT2D eigenvalue weighted by molar-refractivity contribution is 7.99. The van der Waals surface area contributed by atoms with Gasteiger partial charge >= 0.3 is 6.03 Å². The third-order valence-corrected chi connectivity index (χ3v) is 4.66. The Labute approximate surface area is 165 Å². The molecule has 0 bridgehead atoms. The molecule has 28 heavy (non-hydrogen) atoms. The maximum absolute atomic E-state index is 13.5. The molecule has 0 aliphatic carbocycles. The molecule has 0 saturated heterocycles. The number of aryl methyl sites for hydroxylation is 1. The highest BCUT2D eigenvalue weighted by Gasteiger charge is 2.12. The molecule has 3 amide bonds. The van der Waals surface area contributed by atoms with Crippen molar-refractivity contribution in [1.29, 1.82) is 0 Å². The van der Waals surface area contributed by atoms with Crippen molar-refractivity contribution in [2.45, 2.75) is 18.5 Å². The van der Waals surface area contributed by atoms with E-state index in [-0.39, 0.29) is 11.4 Å². The summed E-state index contributed by atoms with van der Waals surface area (Å²) in [5.74, 6) is -0.587. The first-order valence-electron chi connectivity index (χ1n) is 8.55. The minimum Gasteiger partial charge on any atom is -0.305 e. The number of anilines is 1. The largest absolute Gasteiger partial charge is 0.325 e. The Balaban J connectivity index is 1.50. The second-order valence-electron chi connectivity index (χ2n) is 5.79. The molecule has 0 fully saturated rings. The number of hydrogen-bond donors (Lipinski definition) is 3. The van der Waals surface area contributed by atoms with Crippen LogP contribution in [0.1, 0.15) is 12.5 Å². The summed E-state index contributed by atoms with van der Waals surface area (Å²) in [6.07, 6.45) is 0.956. The highest BCUT2D eigenvalue weighted by atomic mass is 32.2. The van der Waals surface area contributed by atoms with Crippen LogP contribution < -0.4 is 10.6 Å². The van der Waals surface area contributed by atoms with Gasteiger partial charge in [-0.25, -0.2) is 14.2 Å². The quantitative estimate of drug-likeness (QED) is 0.550. The third-order valence-electron chi connectivity index (χ3n) is 3.81. The predicted molar refractivity (Wildman–Crippen MR) is 105 cm³/mol. The van der Waals surface area contributed by atoms with Gasteiger partial charge in [0.1, 0.15) is 5.82 Å². The van der Waals surface area contributed by atoms with Crippen LogP contribution in [0.4, 0.5) is 14.9 Å². The molecule has 2 aromatic carbocycles. The molecule has 0 aliphatic rings. The molecule has 0 saturated carbocycles. The topological polar surface area (TPSA) is 99.8 Å². The van der Waals surface area contributed by atoms with E-state index in [1.54, 1.807) is 6.07 Å². The first-order chi connectivity index (χ1) is 13.5. The maximum atomic E-state index is 13.5. The molecular weight excluding hydrogens is 381 g/mol. The van der Waals surface area contributed by atoms with Crippen LogP contribution in [0.2, 0.25) is 0 Å². The number of amides is 3. The lowest BCUT2D eigenvalue weighted by Crippen LogP contribution is -2.35. The second kappa shape index (κ2) is 9.14. The summed E-state index contributed by atoms with van der Waals surface area (Å²) in [5.41, 5.74) is 2.11. The van der Waals surface area contributed by atoms with Crippen molar-refractivity contribution in [2.75, 3.05) is 11.1 Å². The number of nitrogens with one attached hydrogen (secondary N) is 3. The zero-order chi connectivity index (χ0) is 19.9. The number of imide groups is 1. The normalized spacial score (nSPS) is 10.5. The van der Waals surface area contributed by atoms with Crippen molar-refractivity contribution in [3.8, 4) is 11.4 Å². The second-order valence-corrected chi connectivity index (χ2v) is 6.73. The molecule has 0 atom stereocenters. The monoisotopic (exact) mass is 399 g/mol. The van der Waals surface area contributed by atoms with Crippen LogP contribution in [0.5, 0.6) is 0 Å². The fraction of sp³-hybridized carbons (Fsp3) is 0.158. The summed E-state index contributed by atoms with van der Waals surface area (Å²) in [7, 11) is 0. The van der Waals surface area contributed by atoms with Gasteiger partial charge in [0.15, 0.2) is 5.82 Å². The van der Waals surface area contributed by atoms with Crippen molar-refractivity contribution in [1.82, 2.24) is 20.5 Å². The molecule has 3 aromatic rings. The molecule has 0 spiro atoms. The molecule has 0 radical (unpaired) electrons. The number of H-pyrrole nitrogens is 1. The average molecular weight is 399 g/mol. The molecule has 3 N–H and O–H groups in total. The van der Waals surface area contributed by atoms with Crippen molar-refractivity contribution in [3.63, 3.8) is 0 Å². The summed E-state index contributed by atoms with van der Waals surface area (Å²) in [4.78, 5) is 28.0. The van der Waals surface area contributed by atoms with Crippen molar-refractivity contribution < 1.29 is 14.0 Å². The lowest BCUT2D eigenvalue weighted by Gasteiger charge is -2.06. The van der Waals surface area contributed by atoms with Gasteiger partial charge in [-0.05, 0) is 24.1 Å². The van der Waals surface area contributed by atoms with E-state index in [0.717, 1.165) is 23.7 Å². The molecule has 144 valence electrons. The van der Waals surface area contributed by atoms with Crippen LogP contribution in [-0.2, 0) is 11.2 Å². The third kappa shape index (κ3) is 5.17. The first kappa shape index (κ1) is 19.6. The minimum absolute atomic E-state index is 0.00634. The lowest BCUT2D eigenvalue weighted by atomic mass is 10.1. The van der Waals surface area contributed by atoms with Gasteiger partial charge in [-0.3, -0.25) is 15.2 Å². The summed E-state index contributed by atoms with van der Waals surface area (Å²) >= 11 is 1.08. The molecular formula is C19H18FN5O2S. The average Bonchev–Trinajstić information content (AvgIpc) is 3.17. The maximum Gasteiger partial charge on any atom is 0.325 e. The number of carbonyl (C=O) groups is 2. The van der Waals surface area contributed by atoms with Gasteiger partial charge in [0.2, 0.25) is 11.1 Å². The van der Waals surface area contributed by atoms with Crippen molar-refractivity contribution in [3.05, 3.63) is 59.9 Å². The SMILES string of the molecule is CCc1ccc(-c2nc(SCC(=O)NC(=O)Nc3ccccc3F)n[nH]2)cc1.